The average molecular weight is 331 g/mol. The highest BCUT2D eigenvalue weighted by atomic mass is 79.9. The van der Waals surface area contributed by atoms with Gasteiger partial charge in [-0.15, -0.1) is 0 Å². The second kappa shape index (κ2) is 4.06. The molecule has 0 aliphatic rings. The molecule has 0 bridgehead atoms. The summed E-state index contributed by atoms with van der Waals surface area (Å²) in [4.78, 5) is 4.30. The minimum atomic E-state index is 0.824. The zero-order valence-corrected chi connectivity index (χ0v) is 11.5. The first-order valence-electron chi connectivity index (χ1n) is 4.43. The zero-order valence-electron chi connectivity index (χ0n) is 8.33. The molecule has 0 radical (unpaired) electrons. The van der Waals surface area contributed by atoms with E-state index in [1.807, 2.05) is 30.7 Å². The van der Waals surface area contributed by atoms with Gasteiger partial charge in [-0.2, -0.15) is 5.10 Å². The van der Waals surface area contributed by atoms with Gasteiger partial charge in [0.2, 0.25) is 0 Å². The summed E-state index contributed by atoms with van der Waals surface area (Å²) in [5, 5.41) is 4.40. The summed E-state index contributed by atoms with van der Waals surface area (Å²) >= 11 is 6.85. The van der Waals surface area contributed by atoms with E-state index in [1.165, 1.54) is 0 Å². The van der Waals surface area contributed by atoms with Crippen LogP contribution in [0.15, 0.2) is 27.3 Å². The fourth-order valence-corrected chi connectivity index (χ4v) is 1.82. The molecule has 0 N–H and O–H groups in total. The van der Waals surface area contributed by atoms with Gasteiger partial charge in [0.25, 0.3) is 0 Å². The Morgan fingerprint density at radius 2 is 1.93 bits per heavy atom. The van der Waals surface area contributed by atoms with Crippen LogP contribution >= 0.6 is 31.9 Å². The van der Waals surface area contributed by atoms with E-state index in [0.717, 1.165) is 26.2 Å². The van der Waals surface area contributed by atoms with Crippen molar-refractivity contribution in [2.75, 3.05) is 0 Å². The highest BCUT2D eigenvalue weighted by Crippen LogP contribution is 2.22. The van der Waals surface area contributed by atoms with Gasteiger partial charge in [0.05, 0.1) is 15.9 Å². The third kappa shape index (κ3) is 1.99. The molecule has 2 aromatic heterocycles. The van der Waals surface area contributed by atoms with E-state index in [9.17, 15) is 0 Å². The average Bonchev–Trinajstić information content (AvgIpc) is 2.47. The lowest BCUT2D eigenvalue weighted by molar-refractivity contribution is 0.805. The number of hydrogen-bond donors (Lipinski definition) is 0. The molecular formula is C10H9Br2N3. The van der Waals surface area contributed by atoms with Crippen molar-refractivity contribution in [1.29, 1.82) is 0 Å². The second-order valence-electron chi connectivity index (χ2n) is 3.23. The van der Waals surface area contributed by atoms with Gasteiger partial charge >= 0.3 is 0 Å². The first kappa shape index (κ1) is 10.8. The van der Waals surface area contributed by atoms with Crippen molar-refractivity contribution < 1.29 is 0 Å². The van der Waals surface area contributed by atoms with Gasteiger partial charge in [0.15, 0.2) is 5.82 Å². The summed E-state index contributed by atoms with van der Waals surface area (Å²) in [5.74, 6) is 0.824. The van der Waals surface area contributed by atoms with Gasteiger partial charge in [-0.1, -0.05) is 0 Å². The van der Waals surface area contributed by atoms with Gasteiger partial charge in [-0.05, 0) is 57.8 Å². The van der Waals surface area contributed by atoms with Gasteiger partial charge in [-0.25, -0.2) is 9.67 Å². The van der Waals surface area contributed by atoms with Crippen LogP contribution in [0.25, 0.3) is 5.82 Å². The monoisotopic (exact) mass is 329 g/mol. The molecule has 0 aliphatic heterocycles. The zero-order chi connectivity index (χ0) is 11.0. The van der Waals surface area contributed by atoms with Crippen LogP contribution in [0.1, 0.15) is 11.4 Å². The Hall–Kier alpha value is -0.680. The van der Waals surface area contributed by atoms with Crippen molar-refractivity contribution in [2.24, 2.45) is 0 Å². The SMILES string of the molecule is Cc1nn(-c2ccc(Br)cn2)c(C)c1Br. The molecule has 15 heavy (non-hydrogen) atoms. The van der Waals surface area contributed by atoms with E-state index in [4.69, 9.17) is 0 Å². The van der Waals surface area contributed by atoms with E-state index < -0.39 is 0 Å². The van der Waals surface area contributed by atoms with E-state index >= 15 is 0 Å². The van der Waals surface area contributed by atoms with Crippen LogP contribution < -0.4 is 0 Å². The Bertz CT molecular complexity index is 488. The third-order valence-electron chi connectivity index (χ3n) is 2.13. The maximum Gasteiger partial charge on any atom is 0.153 e. The molecule has 0 amide bonds. The first-order chi connectivity index (χ1) is 7.09. The molecule has 0 unspecified atom stereocenters. The molecule has 3 nitrogen and oxygen atoms in total. The highest BCUT2D eigenvalue weighted by Gasteiger charge is 2.10. The topological polar surface area (TPSA) is 30.7 Å². The lowest BCUT2D eigenvalue weighted by atomic mass is 10.4. The van der Waals surface area contributed by atoms with Crippen LogP contribution in [0.4, 0.5) is 0 Å². The fourth-order valence-electron chi connectivity index (χ4n) is 1.34. The van der Waals surface area contributed by atoms with Crippen molar-refractivity contribution >= 4 is 31.9 Å². The summed E-state index contributed by atoms with van der Waals surface area (Å²) in [6.45, 7) is 3.97. The Morgan fingerprint density at radius 3 is 2.40 bits per heavy atom. The van der Waals surface area contributed by atoms with Crippen LogP contribution in [0, 0.1) is 13.8 Å². The predicted octanol–water partition coefficient (Wildman–Crippen LogP) is 3.41. The van der Waals surface area contributed by atoms with Gasteiger partial charge in [-0.3, -0.25) is 0 Å². The second-order valence-corrected chi connectivity index (χ2v) is 4.94. The summed E-state index contributed by atoms with van der Waals surface area (Å²) in [6.07, 6.45) is 1.76. The molecule has 2 heterocycles. The molecular weight excluding hydrogens is 322 g/mol. The van der Waals surface area contributed by atoms with E-state index in [-0.39, 0.29) is 0 Å². The number of halogens is 2. The summed E-state index contributed by atoms with van der Waals surface area (Å²) in [6, 6.07) is 3.88. The van der Waals surface area contributed by atoms with Crippen molar-refractivity contribution in [3.8, 4) is 5.82 Å². The van der Waals surface area contributed by atoms with Crippen LogP contribution in [0.3, 0.4) is 0 Å². The first-order valence-corrected chi connectivity index (χ1v) is 6.02. The lowest BCUT2D eigenvalue weighted by Crippen LogP contribution is -2.01. The molecule has 2 aromatic rings. The number of aryl methyl sites for hydroxylation is 1. The Balaban J connectivity index is 2.54. The molecule has 0 saturated heterocycles. The minimum Gasteiger partial charge on any atom is -0.236 e. The smallest absolute Gasteiger partial charge is 0.153 e. The number of rotatable bonds is 1. The normalized spacial score (nSPS) is 10.7. The largest absolute Gasteiger partial charge is 0.236 e. The maximum atomic E-state index is 4.40. The van der Waals surface area contributed by atoms with Gasteiger partial charge < -0.3 is 0 Å². The number of hydrogen-bond acceptors (Lipinski definition) is 2. The summed E-state index contributed by atoms with van der Waals surface area (Å²) < 4.78 is 3.82. The van der Waals surface area contributed by atoms with Gasteiger partial charge in [0.1, 0.15) is 0 Å². The van der Waals surface area contributed by atoms with Crippen molar-refractivity contribution in [1.82, 2.24) is 14.8 Å². The maximum absolute atomic E-state index is 4.40. The predicted molar refractivity (Wildman–Crippen MR) is 66.2 cm³/mol. The Kier molecular flexibility index (Phi) is 2.93. The number of pyridine rings is 1. The van der Waals surface area contributed by atoms with Crippen molar-refractivity contribution in [2.45, 2.75) is 13.8 Å². The fraction of sp³-hybridized carbons (Fsp3) is 0.200. The van der Waals surface area contributed by atoms with E-state index in [2.05, 4.69) is 41.9 Å². The molecule has 0 fully saturated rings. The number of aromatic nitrogens is 3. The standard InChI is InChI=1S/C10H9Br2N3/c1-6-10(12)7(2)15(14-6)9-4-3-8(11)5-13-9/h3-5H,1-2H3. The molecule has 0 spiro atoms. The number of nitrogens with zero attached hydrogens (tertiary/aromatic N) is 3. The van der Waals surface area contributed by atoms with Gasteiger partial charge in [0, 0.05) is 10.7 Å². The molecule has 0 aliphatic carbocycles. The van der Waals surface area contributed by atoms with Crippen molar-refractivity contribution in [3.05, 3.63) is 38.7 Å². The van der Waals surface area contributed by atoms with Crippen LogP contribution in [0.2, 0.25) is 0 Å². The molecule has 78 valence electrons. The highest BCUT2D eigenvalue weighted by molar-refractivity contribution is 9.10. The molecule has 0 atom stereocenters. The minimum absolute atomic E-state index is 0.824. The summed E-state index contributed by atoms with van der Waals surface area (Å²) in [7, 11) is 0. The lowest BCUT2D eigenvalue weighted by Gasteiger charge is -2.02. The van der Waals surface area contributed by atoms with Crippen LogP contribution in [-0.2, 0) is 0 Å². The Labute approximate surface area is 105 Å². The quantitative estimate of drug-likeness (QED) is 0.802. The third-order valence-corrected chi connectivity index (χ3v) is 3.75. The Morgan fingerprint density at radius 1 is 1.20 bits per heavy atom. The molecule has 0 saturated carbocycles. The van der Waals surface area contributed by atoms with Crippen LogP contribution in [-0.4, -0.2) is 14.8 Å². The van der Waals surface area contributed by atoms with Crippen molar-refractivity contribution in [3.63, 3.8) is 0 Å². The molecule has 0 aromatic carbocycles. The molecule has 5 heteroatoms. The van der Waals surface area contributed by atoms with E-state index in [1.54, 1.807) is 6.20 Å². The van der Waals surface area contributed by atoms with E-state index in [0.29, 0.717) is 0 Å². The summed E-state index contributed by atoms with van der Waals surface area (Å²) in [5.41, 5.74) is 2.03. The molecule has 2 rings (SSSR count). The van der Waals surface area contributed by atoms with Crippen LogP contribution in [0.5, 0.6) is 0 Å².